The van der Waals surface area contributed by atoms with Crippen LogP contribution in [0.2, 0.25) is 0 Å². The van der Waals surface area contributed by atoms with Gasteiger partial charge in [0.1, 0.15) is 17.1 Å². The van der Waals surface area contributed by atoms with E-state index in [-0.39, 0.29) is 29.4 Å². The van der Waals surface area contributed by atoms with Crippen molar-refractivity contribution in [3.63, 3.8) is 0 Å². The summed E-state index contributed by atoms with van der Waals surface area (Å²) >= 11 is 0. The fourth-order valence-corrected chi connectivity index (χ4v) is 3.14. The third kappa shape index (κ3) is 5.06. The summed E-state index contributed by atoms with van der Waals surface area (Å²) in [7, 11) is 2.18. The first kappa shape index (κ1) is 24.4. The molecule has 1 unspecified atom stereocenters. The monoisotopic (exact) mass is 481 g/mol. The van der Waals surface area contributed by atoms with Gasteiger partial charge in [0, 0.05) is 24.9 Å². The van der Waals surface area contributed by atoms with Gasteiger partial charge in [-0.15, -0.1) is 13.2 Å². The van der Waals surface area contributed by atoms with E-state index in [0.29, 0.717) is 0 Å². The van der Waals surface area contributed by atoms with E-state index in [1.54, 1.807) is 0 Å². The molecule has 180 valence electrons. The third-order valence-electron chi connectivity index (χ3n) is 4.71. The number of halogens is 6. The van der Waals surface area contributed by atoms with Crippen molar-refractivity contribution in [2.45, 2.75) is 24.5 Å². The van der Waals surface area contributed by atoms with Crippen LogP contribution in [0.1, 0.15) is 22.5 Å². The number of aromatic nitrogens is 1. The maximum atomic E-state index is 13.9. The Morgan fingerprint density at radius 3 is 2.33 bits per heavy atom. The number of methoxy groups -OCH3 is 2. The second kappa shape index (κ2) is 8.94. The minimum atomic E-state index is -4.96. The van der Waals surface area contributed by atoms with Crippen LogP contribution in [0, 0.1) is 0 Å². The molecule has 0 radical (unpaired) electrons. The van der Waals surface area contributed by atoms with Gasteiger partial charge in [0.15, 0.2) is 17.0 Å². The van der Waals surface area contributed by atoms with Crippen LogP contribution in [0.4, 0.5) is 26.3 Å². The molecule has 1 saturated heterocycles. The van der Waals surface area contributed by atoms with Gasteiger partial charge in [0.2, 0.25) is 0 Å². The molecule has 2 heterocycles. The Morgan fingerprint density at radius 2 is 1.79 bits per heavy atom. The number of rotatable bonds is 6. The van der Waals surface area contributed by atoms with Crippen LogP contribution in [0.3, 0.4) is 0 Å². The van der Waals surface area contributed by atoms with Gasteiger partial charge in [-0.25, -0.2) is 10.2 Å². The Balaban J connectivity index is 2.06. The van der Waals surface area contributed by atoms with Gasteiger partial charge >= 0.3 is 18.5 Å². The molecule has 2 N–H and O–H groups in total. The van der Waals surface area contributed by atoms with Gasteiger partial charge in [-0.05, 0) is 18.6 Å². The number of esters is 1. The number of ether oxygens (including phenoxy) is 4. The van der Waals surface area contributed by atoms with Crippen molar-refractivity contribution in [1.82, 2.24) is 15.8 Å². The lowest BCUT2D eigenvalue weighted by atomic mass is 9.91. The van der Waals surface area contributed by atoms with Crippen molar-refractivity contribution in [3.05, 3.63) is 41.7 Å². The number of pyridine rings is 1. The molecule has 0 spiro atoms. The van der Waals surface area contributed by atoms with E-state index in [1.807, 2.05) is 0 Å². The quantitative estimate of drug-likeness (QED) is 0.476. The second-order valence-corrected chi connectivity index (χ2v) is 6.72. The largest absolute Gasteiger partial charge is 0.573 e. The van der Waals surface area contributed by atoms with E-state index in [1.165, 1.54) is 0 Å². The number of benzene rings is 1. The molecule has 8 nitrogen and oxygen atoms in total. The summed E-state index contributed by atoms with van der Waals surface area (Å²) in [5.41, 5.74) is 1.21. The summed E-state index contributed by atoms with van der Waals surface area (Å²) in [5.74, 6) is -2.40. The van der Waals surface area contributed by atoms with Gasteiger partial charge in [0.05, 0.1) is 19.9 Å². The van der Waals surface area contributed by atoms with Crippen LogP contribution in [0.15, 0.2) is 30.5 Å². The van der Waals surface area contributed by atoms with Crippen LogP contribution in [0.25, 0.3) is 0 Å². The van der Waals surface area contributed by atoms with Gasteiger partial charge in [-0.2, -0.15) is 13.2 Å². The Kier molecular flexibility index (Phi) is 6.61. The van der Waals surface area contributed by atoms with Crippen molar-refractivity contribution in [2.24, 2.45) is 0 Å². The standard InChI is InChI=1S/C19H17F6N3O5/c1-30-14-7-10(33-19(23,24)25)3-4-12(14)32-13-8-15(26-9-11(13)16(29)31-2)17(18(20,21)22)5-6-27-28-17/h3-4,7-9,27-28H,5-6H2,1-2H3. The molecule has 3 rings (SSSR count). The molecule has 1 atom stereocenters. The topological polar surface area (TPSA) is 90.9 Å². The van der Waals surface area contributed by atoms with Crippen LogP contribution in [-0.4, -0.2) is 44.3 Å². The van der Waals surface area contributed by atoms with E-state index < -0.39 is 41.9 Å². The lowest BCUT2D eigenvalue weighted by Gasteiger charge is -2.31. The zero-order valence-corrected chi connectivity index (χ0v) is 17.1. The van der Waals surface area contributed by atoms with Gasteiger partial charge in [-0.1, -0.05) is 0 Å². The van der Waals surface area contributed by atoms with Crippen LogP contribution in [-0.2, 0) is 10.3 Å². The number of alkyl halides is 6. The molecule has 0 saturated carbocycles. The summed E-state index contributed by atoms with van der Waals surface area (Å²) < 4.78 is 98.1. The summed E-state index contributed by atoms with van der Waals surface area (Å²) in [4.78, 5) is 15.9. The van der Waals surface area contributed by atoms with Crippen molar-refractivity contribution in [1.29, 1.82) is 0 Å². The van der Waals surface area contributed by atoms with Crippen molar-refractivity contribution in [3.8, 4) is 23.0 Å². The number of hydrazine groups is 1. The van der Waals surface area contributed by atoms with Crippen LogP contribution < -0.4 is 25.1 Å². The molecule has 1 fully saturated rings. The zero-order chi connectivity index (χ0) is 24.4. The van der Waals surface area contributed by atoms with E-state index in [0.717, 1.165) is 44.7 Å². The fraction of sp³-hybridized carbons (Fsp3) is 0.368. The number of nitrogens with one attached hydrogen (secondary N) is 2. The molecule has 2 aromatic rings. The van der Waals surface area contributed by atoms with Crippen LogP contribution >= 0.6 is 0 Å². The molecule has 14 heteroatoms. The summed E-state index contributed by atoms with van der Waals surface area (Å²) in [6, 6.07) is 3.71. The SMILES string of the molecule is COC(=O)c1cnc(C2(C(F)(F)F)CCNN2)cc1Oc1ccc(OC(F)(F)F)cc1OC. The van der Waals surface area contributed by atoms with Gasteiger partial charge in [0.25, 0.3) is 0 Å². The molecule has 1 aromatic carbocycles. The smallest absolute Gasteiger partial charge is 0.493 e. The predicted octanol–water partition coefficient (Wildman–Crippen LogP) is 3.82. The first-order chi connectivity index (χ1) is 15.4. The molecule has 1 aliphatic rings. The molecule has 0 aliphatic carbocycles. The Morgan fingerprint density at radius 1 is 1.06 bits per heavy atom. The Hall–Kier alpha value is -3.26. The first-order valence-electron chi connectivity index (χ1n) is 9.17. The van der Waals surface area contributed by atoms with Crippen molar-refractivity contribution < 1.29 is 50.1 Å². The van der Waals surface area contributed by atoms with E-state index in [4.69, 9.17) is 9.47 Å². The minimum absolute atomic E-state index is 0.00930. The lowest BCUT2D eigenvalue weighted by molar-refractivity contribution is -0.274. The van der Waals surface area contributed by atoms with E-state index in [2.05, 4.69) is 25.3 Å². The highest BCUT2D eigenvalue weighted by molar-refractivity contribution is 5.92. The van der Waals surface area contributed by atoms with Gasteiger partial charge < -0.3 is 18.9 Å². The zero-order valence-electron chi connectivity index (χ0n) is 17.1. The normalized spacial score (nSPS) is 18.7. The number of nitrogens with zero attached hydrogens (tertiary/aromatic N) is 1. The summed E-state index contributed by atoms with van der Waals surface area (Å²) in [5, 5.41) is 0. The molecule has 0 amide bonds. The number of carbonyl (C=O) groups excluding carboxylic acids is 1. The molecular weight excluding hydrogens is 464 g/mol. The highest BCUT2D eigenvalue weighted by Crippen LogP contribution is 2.44. The Labute approximate surface area is 182 Å². The average molecular weight is 481 g/mol. The maximum absolute atomic E-state index is 13.9. The third-order valence-corrected chi connectivity index (χ3v) is 4.71. The van der Waals surface area contributed by atoms with E-state index in [9.17, 15) is 31.1 Å². The minimum Gasteiger partial charge on any atom is -0.493 e. The highest BCUT2D eigenvalue weighted by Gasteiger charge is 2.59. The number of carbonyl (C=O) groups is 1. The summed E-state index contributed by atoms with van der Waals surface area (Å²) in [6.45, 7) is -0.00930. The molecule has 33 heavy (non-hydrogen) atoms. The van der Waals surface area contributed by atoms with Crippen molar-refractivity contribution in [2.75, 3.05) is 20.8 Å². The molecular formula is C19H17F6N3O5. The van der Waals surface area contributed by atoms with E-state index >= 15 is 0 Å². The lowest BCUT2D eigenvalue weighted by Crippen LogP contribution is -2.53. The predicted molar refractivity (Wildman–Crippen MR) is 98.8 cm³/mol. The molecule has 1 aliphatic heterocycles. The first-order valence-corrected chi connectivity index (χ1v) is 9.17. The fourth-order valence-electron chi connectivity index (χ4n) is 3.14. The number of hydrogen-bond donors (Lipinski definition) is 2. The maximum Gasteiger partial charge on any atom is 0.573 e. The number of hydrogen-bond acceptors (Lipinski definition) is 8. The Bertz CT molecular complexity index is 1020. The van der Waals surface area contributed by atoms with Crippen molar-refractivity contribution >= 4 is 5.97 Å². The molecule has 1 aromatic heterocycles. The molecule has 0 bridgehead atoms. The second-order valence-electron chi connectivity index (χ2n) is 6.72. The highest BCUT2D eigenvalue weighted by atomic mass is 19.4. The summed E-state index contributed by atoms with van der Waals surface area (Å²) in [6.07, 6.45) is -9.26. The van der Waals surface area contributed by atoms with Crippen LogP contribution in [0.5, 0.6) is 23.0 Å². The average Bonchev–Trinajstić information content (AvgIpc) is 3.24. The van der Waals surface area contributed by atoms with Gasteiger partial charge in [-0.3, -0.25) is 10.4 Å².